The molecule has 204 valence electrons. The van der Waals surface area contributed by atoms with Crippen molar-refractivity contribution in [1.82, 2.24) is 15.0 Å². The van der Waals surface area contributed by atoms with E-state index in [4.69, 9.17) is 24.4 Å². The number of unbranched alkanes of at least 4 members (excludes halogenated alkanes) is 3. The molecule has 4 aromatic rings. The van der Waals surface area contributed by atoms with Gasteiger partial charge in [-0.05, 0) is 57.4 Å². The van der Waals surface area contributed by atoms with Crippen molar-refractivity contribution >= 4 is 0 Å². The molecule has 0 radical (unpaired) electrons. The second-order valence-electron chi connectivity index (χ2n) is 10.1. The van der Waals surface area contributed by atoms with Gasteiger partial charge >= 0.3 is 0 Å². The third-order valence-corrected chi connectivity index (χ3v) is 6.73. The fourth-order valence-corrected chi connectivity index (χ4v) is 4.61. The topological polar surface area (TPSA) is 77.4 Å². The summed E-state index contributed by atoms with van der Waals surface area (Å²) < 4.78 is 11.5. The van der Waals surface area contributed by atoms with E-state index in [1.54, 1.807) is 12.1 Å². The smallest absolute Gasteiger partial charge is 0.167 e. The van der Waals surface area contributed by atoms with E-state index >= 15 is 0 Å². The van der Waals surface area contributed by atoms with E-state index in [1.807, 2.05) is 18.2 Å². The molecule has 39 heavy (non-hydrogen) atoms. The third kappa shape index (κ3) is 7.42. The van der Waals surface area contributed by atoms with E-state index in [0.29, 0.717) is 42.0 Å². The number of hydrogen-bond donors (Lipinski definition) is 1. The summed E-state index contributed by atoms with van der Waals surface area (Å²) in [5.74, 6) is 2.18. The van der Waals surface area contributed by atoms with E-state index < -0.39 is 0 Å². The van der Waals surface area contributed by atoms with Crippen LogP contribution in [-0.4, -0.2) is 39.9 Å². The summed E-state index contributed by atoms with van der Waals surface area (Å²) in [5, 5.41) is 11.0. The maximum atomic E-state index is 11.0. The summed E-state index contributed by atoms with van der Waals surface area (Å²) in [6, 6.07) is 17.7. The summed E-state index contributed by atoms with van der Waals surface area (Å²) in [4.78, 5) is 14.5. The van der Waals surface area contributed by atoms with Crippen LogP contribution in [0.4, 0.5) is 0 Å². The monoisotopic (exact) mass is 525 g/mol. The first-order valence-corrected chi connectivity index (χ1v) is 13.8. The highest BCUT2D eigenvalue weighted by molar-refractivity contribution is 5.72. The lowest BCUT2D eigenvalue weighted by Crippen LogP contribution is -2.07. The maximum Gasteiger partial charge on any atom is 0.167 e. The predicted octanol–water partition coefficient (Wildman–Crippen LogP) is 7.79. The van der Waals surface area contributed by atoms with Crippen molar-refractivity contribution in [3.63, 3.8) is 0 Å². The highest BCUT2D eigenvalue weighted by Gasteiger charge is 2.17. The average molecular weight is 526 g/mol. The minimum absolute atomic E-state index is 0.0531. The minimum Gasteiger partial charge on any atom is -0.507 e. The normalized spacial score (nSPS) is 11.1. The maximum absolute atomic E-state index is 11.0. The fraction of sp³-hybridized carbons (Fsp3) is 0.364. The van der Waals surface area contributed by atoms with Gasteiger partial charge in [0.2, 0.25) is 0 Å². The average Bonchev–Trinajstić information content (AvgIpc) is 2.90. The zero-order chi connectivity index (χ0) is 27.8. The second kappa shape index (κ2) is 13.3. The molecule has 4 rings (SSSR count). The largest absolute Gasteiger partial charge is 0.507 e. The molecule has 0 unspecified atom stereocenters. The van der Waals surface area contributed by atoms with Crippen LogP contribution in [0.2, 0.25) is 0 Å². The van der Waals surface area contributed by atoms with Crippen LogP contribution in [0, 0.1) is 27.7 Å². The van der Waals surface area contributed by atoms with E-state index in [1.165, 1.54) is 30.4 Å². The number of phenolic OH excluding ortho intramolecular Hbond substituents is 1. The Morgan fingerprint density at radius 2 is 1.18 bits per heavy atom. The first-order chi connectivity index (χ1) is 18.9. The van der Waals surface area contributed by atoms with Crippen LogP contribution in [0.5, 0.6) is 11.5 Å². The van der Waals surface area contributed by atoms with E-state index in [0.717, 1.165) is 35.3 Å². The van der Waals surface area contributed by atoms with E-state index in [-0.39, 0.29) is 5.75 Å². The van der Waals surface area contributed by atoms with Crippen LogP contribution >= 0.6 is 0 Å². The van der Waals surface area contributed by atoms with Crippen LogP contribution < -0.4 is 4.74 Å². The molecule has 6 nitrogen and oxygen atoms in total. The Morgan fingerprint density at radius 3 is 1.72 bits per heavy atom. The van der Waals surface area contributed by atoms with Gasteiger partial charge in [-0.1, -0.05) is 73.7 Å². The molecule has 1 heterocycles. The molecule has 0 aliphatic carbocycles. The first-order valence-electron chi connectivity index (χ1n) is 13.8. The highest BCUT2D eigenvalue weighted by atomic mass is 16.5. The van der Waals surface area contributed by atoms with E-state index in [9.17, 15) is 5.11 Å². The Kier molecular flexibility index (Phi) is 9.66. The zero-order valence-electron chi connectivity index (χ0n) is 23.8. The van der Waals surface area contributed by atoms with Crippen molar-refractivity contribution in [3.05, 3.63) is 76.9 Å². The van der Waals surface area contributed by atoms with Gasteiger partial charge in [0.15, 0.2) is 17.5 Å². The number of hydrogen-bond acceptors (Lipinski definition) is 6. The predicted molar refractivity (Wildman–Crippen MR) is 157 cm³/mol. The molecule has 1 aromatic heterocycles. The van der Waals surface area contributed by atoms with Gasteiger partial charge in [-0.15, -0.1) is 0 Å². The molecule has 3 aromatic carbocycles. The zero-order valence-corrected chi connectivity index (χ0v) is 23.8. The highest BCUT2D eigenvalue weighted by Crippen LogP contribution is 2.34. The number of rotatable bonds is 12. The summed E-state index contributed by atoms with van der Waals surface area (Å²) >= 11 is 0. The van der Waals surface area contributed by atoms with Crippen molar-refractivity contribution in [2.45, 2.75) is 60.3 Å². The van der Waals surface area contributed by atoms with Crippen LogP contribution in [-0.2, 0) is 4.74 Å². The summed E-state index contributed by atoms with van der Waals surface area (Å²) in [6.45, 7) is 12.1. The molecule has 0 aliphatic heterocycles. The second-order valence-corrected chi connectivity index (χ2v) is 10.1. The number of aryl methyl sites for hydroxylation is 4. The SMILES string of the molecule is CCCCCCOCCOc1ccc(-c2nc(-c3ccc(C)cc3C)nc(-c3ccc(C)cc3C)n2)c(O)c1. The number of phenols is 1. The van der Waals surface area contributed by atoms with Gasteiger partial charge in [-0.2, -0.15) is 0 Å². The molecule has 0 saturated carbocycles. The summed E-state index contributed by atoms with van der Waals surface area (Å²) in [7, 11) is 0. The van der Waals surface area contributed by atoms with Crippen molar-refractivity contribution in [2.24, 2.45) is 0 Å². The van der Waals surface area contributed by atoms with Gasteiger partial charge in [0, 0.05) is 23.8 Å². The van der Waals surface area contributed by atoms with Crippen molar-refractivity contribution in [3.8, 4) is 45.7 Å². The first kappa shape index (κ1) is 28.2. The van der Waals surface area contributed by atoms with Gasteiger partial charge < -0.3 is 14.6 Å². The molecule has 0 amide bonds. The Balaban J connectivity index is 1.60. The van der Waals surface area contributed by atoms with Crippen LogP contribution in [0.1, 0.15) is 54.9 Å². The molecule has 1 N–H and O–H groups in total. The van der Waals surface area contributed by atoms with E-state index in [2.05, 4.69) is 58.9 Å². The molecular formula is C33H39N3O3. The van der Waals surface area contributed by atoms with Crippen molar-refractivity contribution < 1.29 is 14.6 Å². The Bertz CT molecular complexity index is 1350. The molecule has 0 fully saturated rings. The molecule has 0 saturated heterocycles. The number of nitrogens with zero attached hydrogens (tertiary/aromatic N) is 3. The minimum atomic E-state index is 0.0531. The number of aromatic hydroxyl groups is 1. The van der Waals surface area contributed by atoms with Crippen molar-refractivity contribution in [2.75, 3.05) is 19.8 Å². The van der Waals surface area contributed by atoms with Gasteiger partial charge in [0.05, 0.1) is 12.2 Å². The Morgan fingerprint density at radius 1 is 0.615 bits per heavy atom. The lowest BCUT2D eigenvalue weighted by atomic mass is 10.0. The fourth-order valence-electron chi connectivity index (χ4n) is 4.61. The Labute approximate surface area is 232 Å². The number of benzene rings is 3. The molecule has 0 aliphatic rings. The third-order valence-electron chi connectivity index (χ3n) is 6.73. The summed E-state index contributed by atoms with van der Waals surface area (Å²) in [5.41, 5.74) is 6.91. The molecule has 0 bridgehead atoms. The van der Waals surface area contributed by atoms with Gasteiger partial charge in [-0.25, -0.2) is 15.0 Å². The van der Waals surface area contributed by atoms with Crippen LogP contribution in [0.25, 0.3) is 34.2 Å². The Hall–Kier alpha value is -3.77. The lowest BCUT2D eigenvalue weighted by molar-refractivity contribution is 0.0970. The molecule has 6 heteroatoms. The van der Waals surface area contributed by atoms with Crippen LogP contribution in [0.3, 0.4) is 0 Å². The summed E-state index contributed by atoms with van der Waals surface area (Å²) in [6.07, 6.45) is 4.72. The standard InChI is InChI=1S/C33H39N3O3/c1-6-7-8-9-16-38-17-18-39-26-12-15-29(30(37)21-26)33-35-31(27-13-10-22(2)19-24(27)4)34-32(36-33)28-14-11-23(3)20-25(28)5/h10-15,19-21,37H,6-9,16-18H2,1-5H3. The van der Waals surface area contributed by atoms with Gasteiger partial charge in [0.25, 0.3) is 0 Å². The van der Waals surface area contributed by atoms with Crippen LogP contribution in [0.15, 0.2) is 54.6 Å². The molecule has 0 atom stereocenters. The molecular weight excluding hydrogens is 486 g/mol. The van der Waals surface area contributed by atoms with Gasteiger partial charge in [0.1, 0.15) is 18.1 Å². The quantitative estimate of drug-likeness (QED) is 0.190. The molecule has 0 spiro atoms. The number of aromatic nitrogens is 3. The van der Waals surface area contributed by atoms with Gasteiger partial charge in [-0.3, -0.25) is 0 Å². The number of ether oxygens (including phenoxy) is 2. The van der Waals surface area contributed by atoms with Crippen molar-refractivity contribution in [1.29, 1.82) is 0 Å². The lowest BCUT2D eigenvalue weighted by Gasteiger charge is -2.13.